The monoisotopic (exact) mass is 424 g/mol. The maximum absolute atomic E-state index is 14.4. The van der Waals surface area contributed by atoms with Gasteiger partial charge in [0, 0.05) is 12.6 Å². The van der Waals surface area contributed by atoms with Crippen LogP contribution in [0, 0.1) is 5.82 Å². The molecular weight excluding hydrogens is 404 g/mol. The van der Waals surface area contributed by atoms with Gasteiger partial charge in [0.1, 0.15) is 11.6 Å². The number of nitrogens with zero attached hydrogens (tertiary/aromatic N) is 3. The molecule has 30 heavy (non-hydrogen) atoms. The van der Waals surface area contributed by atoms with Crippen molar-refractivity contribution in [1.29, 1.82) is 0 Å². The number of hydrogen-bond donors (Lipinski definition) is 2. The molecule has 0 bridgehead atoms. The summed E-state index contributed by atoms with van der Waals surface area (Å²) in [5.41, 5.74) is -1.23. The number of phenols is 1. The van der Waals surface area contributed by atoms with Crippen LogP contribution in [-0.4, -0.2) is 45.7 Å². The van der Waals surface area contributed by atoms with Gasteiger partial charge in [-0.2, -0.15) is 18.2 Å². The number of likely N-dealkylation sites (N-methyl/N-ethyl adjacent to an activating group) is 1. The molecule has 1 unspecified atom stereocenters. The molecule has 0 spiro atoms. The number of phenolic OH excluding ortho intramolecular Hbond substituents is 1. The number of pyridine rings is 1. The first-order valence-corrected chi connectivity index (χ1v) is 9.61. The number of oxazole rings is 1. The second-order valence-electron chi connectivity index (χ2n) is 7.26. The zero-order valence-corrected chi connectivity index (χ0v) is 16.1. The number of nitrogens with one attached hydrogen (secondary N) is 1. The van der Waals surface area contributed by atoms with Gasteiger partial charge in [-0.25, -0.2) is 9.37 Å². The van der Waals surface area contributed by atoms with Crippen LogP contribution in [0.4, 0.5) is 23.6 Å². The van der Waals surface area contributed by atoms with Crippen LogP contribution in [-0.2, 0) is 6.18 Å². The van der Waals surface area contributed by atoms with Gasteiger partial charge in [-0.05, 0) is 50.2 Å². The lowest BCUT2D eigenvalue weighted by Gasteiger charge is -2.31. The Labute approximate surface area is 169 Å². The third kappa shape index (κ3) is 4.04. The molecule has 3 aromatic rings. The molecule has 10 heteroatoms. The minimum atomic E-state index is -4.77. The van der Waals surface area contributed by atoms with E-state index in [0.29, 0.717) is 17.7 Å². The topological polar surface area (TPSA) is 74.4 Å². The van der Waals surface area contributed by atoms with Gasteiger partial charge in [0.25, 0.3) is 6.01 Å². The molecule has 1 fully saturated rings. The van der Waals surface area contributed by atoms with Crippen LogP contribution in [0.1, 0.15) is 25.3 Å². The number of piperidine rings is 1. The zero-order valence-electron chi connectivity index (χ0n) is 16.1. The Kier molecular flexibility index (Phi) is 5.27. The average molecular weight is 424 g/mol. The minimum Gasteiger partial charge on any atom is -0.507 e. The van der Waals surface area contributed by atoms with Gasteiger partial charge in [-0.3, -0.25) is 0 Å². The minimum absolute atomic E-state index is 0.0408. The Hall–Kier alpha value is -2.88. The van der Waals surface area contributed by atoms with E-state index in [0.717, 1.165) is 32.5 Å². The van der Waals surface area contributed by atoms with Crippen LogP contribution in [0.2, 0.25) is 0 Å². The van der Waals surface area contributed by atoms with Gasteiger partial charge in [0.2, 0.25) is 5.65 Å². The molecule has 1 aliphatic heterocycles. The number of aromatic hydroxyl groups is 1. The van der Waals surface area contributed by atoms with E-state index < -0.39 is 28.9 Å². The summed E-state index contributed by atoms with van der Waals surface area (Å²) in [5, 5.41) is 13.2. The largest absolute Gasteiger partial charge is 0.507 e. The summed E-state index contributed by atoms with van der Waals surface area (Å²) >= 11 is 0. The fourth-order valence-corrected chi connectivity index (χ4v) is 3.66. The van der Waals surface area contributed by atoms with Crippen LogP contribution < -0.4 is 5.32 Å². The third-order valence-electron chi connectivity index (χ3n) is 5.19. The van der Waals surface area contributed by atoms with Gasteiger partial charge in [-0.15, -0.1) is 0 Å². The quantitative estimate of drug-likeness (QED) is 0.594. The number of rotatable bonds is 4. The highest BCUT2D eigenvalue weighted by molar-refractivity contribution is 5.77. The van der Waals surface area contributed by atoms with Crippen molar-refractivity contribution in [3.05, 3.63) is 35.6 Å². The summed E-state index contributed by atoms with van der Waals surface area (Å²) in [4.78, 5) is 10.8. The SMILES string of the molecule is CCN1CCCC(Nc2nc3nc(-c4c(O)cc(C(F)(F)F)cc4F)ccc3o2)C1. The maximum atomic E-state index is 14.4. The highest BCUT2D eigenvalue weighted by atomic mass is 19.4. The number of aromatic nitrogens is 2. The van der Waals surface area contributed by atoms with E-state index in [4.69, 9.17) is 4.42 Å². The second kappa shape index (κ2) is 7.75. The van der Waals surface area contributed by atoms with E-state index in [1.165, 1.54) is 12.1 Å². The normalized spacial score (nSPS) is 18.1. The molecule has 160 valence electrons. The van der Waals surface area contributed by atoms with Crippen LogP contribution in [0.25, 0.3) is 22.5 Å². The van der Waals surface area contributed by atoms with Crippen molar-refractivity contribution >= 4 is 17.2 Å². The van der Waals surface area contributed by atoms with Crippen molar-refractivity contribution < 1.29 is 27.1 Å². The first-order valence-electron chi connectivity index (χ1n) is 9.61. The Morgan fingerprint density at radius 2 is 2.07 bits per heavy atom. The number of halogens is 4. The molecule has 0 radical (unpaired) electrons. The Morgan fingerprint density at radius 3 is 2.77 bits per heavy atom. The summed E-state index contributed by atoms with van der Waals surface area (Å²) in [7, 11) is 0. The molecule has 0 aliphatic carbocycles. The van der Waals surface area contributed by atoms with Crippen LogP contribution in [0.3, 0.4) is 0 Å². The van der Waals surface area contributed by atoms with E-state index in [1.807, 2.05) is 0 Å². The summed E-state index contributed by atoms with van der Waals surface area (Å²) < 4.78 is 58.4. The van der Waals surface area contributed by atoms with Gasteiger partial charge >= 0.3 is 6.18 Å². The lowest BCUT2D eigenvalue weighted by molar-refractivity contribution is -0.137. The van der Waals surface area contributed by atoms with Crippen molar-refractivity contribution in [2.75, 3.05) is 25.0 Å². The highest BCUT2D eigenvalue weighted by Crippen LogP contribution is 2.38. The van der Waals surface area contributed by atoms with Gasteiger partial charge in [0.15, 0.2) is 5.58 Å². The lowest BCUT2D eigenvalue weighted by atomic mass is 10.1. The van der Waals surface area contributed by atoms with Crippen molar-refractivity contribution in [2.24, 2.45) is 0 Å². The highest BCUT2D eigenvalue weighted by Gasteiger charge is 2.33. The van der Waals surface area contributed by atoms with E-state index in [9.17, 15) is 22.7 Å². The average Bonchev–Trinajstić information content (AvgIpc) is 3.08. The number of fused-ring (bicyclic) bond motifs is 1. The molecule has 0 amide bonds. The van der Waals surface area contributed by atoms with Crippen molar-refractivity contribution in [2.45, 2.75) is 32.0 Å². The summed E-state index contributed by atoms with van der Waals surface area (Å²) in [5.74, 6) is -2.07. The lowest BCUT2D eigenvalue weighted by Crippen LogP contribution is -2.41. The van der Waals surface area contributed by atoms with Gasteiger partial charge in [-0.1, -0.05) is 6.92 Å². The number of likely N-dealkylation sites (tertiary alicyclic amines) is 1. The van der Waals surface area contributed by atoms with Crippen molar-refractivity contribution in [3.8, 4) is 17.0 Å². The number of anilines is 1. The molecule has 6 nitrogen and oxygen atoms in total. The third-order valence-corrected chi connectivity index (χ3v) is 5.19. The second-order valence-corrected chi connectivity index (χ2v) is 7.26. The number of benzene rings is 1. The summed E-state index contributed by atoms with van der Waals surface area (Å²) in [6, 6.07) is 4.10. The summed E-state index contributed by atoms with van der Waals surface area (Å²) in [6.45, 7) is 4.97. The van der Waals surface area contributed by atoms with E-state index >= 15 is 0 Å². The van der Waals surface area contributed by atoms with Crippen LogP contribution in [0.5, 0.6) is 5.75 Å². The van der Waals surface area contributed by atoms with Crippen LogP contribution >= 0.6 is 0 Å². The predicted octanol–water partition coefficient (Wildman–Crippen LogP) is 4.65. The Morgan fingerprint density at radius 1 is 1.27 bits per heavy atom. The fraction of sp³-hybridized carbons (Fsp3) is 0.400. The molecule has 1 aromatic carbocycles. The van der Waals surface area contributed by atoms with Crippen molar-refractivity contribution in [1.82, 2.24) is 14.9 Å². The molecule has 1 aliphatic rings. The first kappa shape index (κ1) is 20.4. The smallest absolute Gasteiger partial charge is 0.416 e. The molecule has 4 rings (SSSR count). The van der Waals surface area contributed by atoms with E-state index in [2.05, 4.69) is 27.1 Å². The van der Waals surface area contributed by atoms with Gasteiger partial charge in [0.05, 0.1) is 16.8 Å². The number of alkyl halides is 3. The molecule has 1 saturated heterocycles. The molecule has 2 N–H and O–H groups in total. The summed E-state index contributed by atoms with van der Waals surface area (Å²) in [6.07, 6.45) is -2.74. The molecule has 2 aromatic heterocycles. The van der Waals surface area contributed by atoms with E-state index in [1.54, 1.807) is 0 Å². The zero-order chi connectivity index (χ0) is 21.5. The maximum Gasteiger partial charge on any atom is 0.416 e. The number of hydrogen-bond acceptors (Lipinski definition) is 6. The fourth-order valence-electron chi connectivity index (χ4n) is 3.66. The Balaban J connectivity index is 1.62. The van der Waals surface area contributed by atoms with Gasteiger partial charge < -0.3 is 19.7 Å². The van der Waals surface area contributed by atoms with Crippen LogP contribution in [0.15, 0.2) is 28.7 Å². The molecule has 1 atom stereocenters. The van der Waals surface area contributed by atoms with E-state index in [-0.39, 0.29) is 23.4 Å². The molecular formula is C20H20F4N4O2. The standard InChI is InChI=1S/C20H20F4N4O2/c1-2-28-7-3-4-12(10-28)25-19-27-18-16(30-19)6-5-14(26-18)17-13(21)8-11(9-15(17)29)20(22,23)24/h5-6,8-9,12,29H,2-4,7,10H2,1H3,(H,25,26,27). The van der Waals surface area contributed by atoms with Crippen molar-refractivity contribution in [3.63, 3.8) is 0 Å². The predicted molar refractivity (Wildman–Crippen MR) is 103 cm³/mol. The first-order chi connectivity index (χ1) is 14.2. The molecule has 0 saturated carbocycles. The molecule has 3 heterocycles. The Bertz CT molecular complexity index is 1040.